The summed E-state index contributed by atoms with van der Waals surface area (Å²) in [6, 6.07) is 8.67. The zero-order valence-electron chi connectivity index (χ0n) is 10.7. The van der Waals surface area contributed by atoms with Crippen LogP contribution in [0.25, 0.3) is 0 Å². The number of pyridine rings is 1. The molecule has 1 aromatic carbocycles. The summed E-state index contributed by atoms with van der Waals surface area (Å²) in [6.45, 7) is 2.06. The third kappa shape index (κ3) is 3.39. The molecule has 0 bridgehead atoms. The van der Waals surface area contributed by atoms with Gasteiger partial charge in [0.05, 0.1) is 11.7 Å². The smallest absolute Gasteiger partial charge is 0.127 e. The van der Waals surface area contributed by atoms with Gasteiger partial charge in [-0.3, -0.25) is 4.98 Å². The van der Waals surface area contributed by atoms with E-state index in [1.807, 2.05) is 18.2 Å². The van der Waals surface area contributed by atoms with E-state index < -0.39 is 0 Å². The Bertz CT molecular complexity index is 572. The molecule has 4 heteroatoms. The number of nitrogens with zero attached hydrogens (tertiary/aromatic N) is 1. The molecule has 1 heterocycles. The lowest BCUT2D eigenvalue weighted by molar-refractivity contribution is 0.587. The van der Waals surface area contributed by atoms with Crippen LogP contribution in [0.5, 0.6) is 0 Å². The largest absolute Gasteiger partial charge is 0.322 e. The average molecular weight is 323 g/mol. The number of aryl methyl sites for hydroxylation is 1. The molecule has 0 aliphatic carbocycles. The van der Waals surface area contributed by atoms with Crippen LogP contribution < -0.4 is 5.73 Å². The SMILES string of the molecule is CCc1cccnc1C(N)Cc1ccc(Br)cc1F. The van der Waals surface area contributed by atoms with Crippen LogP contribution >= 0.6 is 15.9 Å². The summed E-state index contributed by atoms with van der Waals surface area (Å²) < 4.78 is 14.5. The van der Waals surface area contributed by atoms with E-state index in [1.54, 1.807) is 12.3 Å². The predicted molar refractivity (Wildman–Crippen MR) is 78.3 cm³/mol. The summed E-state index contributed by atoms with van der Waals surface area (Å²) >= 11 is 3.25. The molecule has 0 fully saturated rings. The Morgan fingerprint density at radius 2 is 2.11 bits per heavy atom. The van der Waals surface area contributed by atoms with Crippen molar-refractivity contribution in [1.82, 2.24) is 4.98 Å². The minimum Gasteiger partial charge on any atom is -0.322 e. The highest BCUT2D eigenvalue weighted by Crippen LogP contribution is 2.22. The average Bonchev–Trinajstić information content (AvgIpc) is 2.41. The number of benzene rings is 1. The first-order chi connectivity index (χ1) is 9.11. The Labute approximate surface area is 121 Å². The molecular formula is C15H16BrFN2. The van der Waals surface area contributed by atoms with E-state index in [0.29, 0.717) is 12.0 Å². The summed E-state index contributed by atoms with van der Waals surface area (Å²) in [4.78, 5) is 4.34. The highest BCUT2D eigenvalue weighted by Gasteiger charge is 2.14. The number of nitrogens with two attached hydrogens (primary N) is 1. The zero-order chi connectivity index (χ0) is 13.8. The third-order valence-electron chi connectivity index (χ3n) is 3.11. The molecule has 100 valence electrons. The van der Waals surface area contributed by atoms with E-state index >= 15 is 0 Å². The molecule has 1 atom stereocenters. The molecular weight excluding hydrogens is 307 g/mol. The highest BCUT2D eigenvalue weighted by molar-refractivity contribution is 9.10. The number of rotatable bonds is 4. The Hall–Kier alpha value is -1.26. The van der Waals surface area contributed by atoms with E-state index in [1.165, 1.54) is 6.07 Å². The van der Waals surface area contributed by atoms with E-state index in [-0.39, 0.29) is 11.9 Å². The minimum absolute atomic E-state index is 0.237. The molecule has 0 spiro atoms. The van der Waals surface area contributed by atoms with Gasteiger partial charge in [-0.05, 0) is 42.2 Å². The first-order valence-corrected chi connectivity index (χ1v) is 7.04. The van der Waals surface area contributed by atoms with Crippen LogP contribution in [-0.4, -0.2) is 4.98 Å². The summed E-state index contributed by atoms with van der Waals surface area (Å²) in [5.41, 5.74) is 8.76. The van der Waals surface area contributed by atoms with Crippen molar-refractivity contribution in [3.05, 3.63) is 63.6 Å². The maximum atomic E-state index is 13.8. The normalized spacial score (nSPS) is 12.4. The van der Waals surface area contributed by atoms with Gasteiger partial charge in [-0.25, -0.2) is 4.39 Å². The van der Waals surface area contributed by atoms with Crippen molar-refractivity contribution in [2.24, 2.45) is 5.73 Å². The number of aromatic nitrogens is 1. The van der Waals surface area contributed by atoms with E-state index in [9.17, 15) is 4.39 Å². The number of halogens is 2. The summed E-state index contributed by atoms with van der Waals surface area (Å²) in [5.74, 6) is -0.237. The van der Waals surface area contributed by atoms with Crippen molar-refractivity contribution >= 4 is 15.9 Å². The van der Waals surface area contributed by atoms with E-state index in [4.69, 9.17) is 5.73 Å². The quantitative estimate of drug-likeness (QED) is 0.930. The third-order valence-corrected chi connectivity index (χ3v) is 3.61. The molecule has 1 aromatic heterocycles. The van der Waals surface area contributed by atoms with Crippen molar-refractivity contribution < 1.29 is 4.39 Å². The first-order valence-electron chi connectivity index (χ1n) is 6.25. The molecule has 2 nitrogen and oxygen atoms in total. The van der Waals surface area contributed by atoms with Crippen LogP contribution in [-0.2, 0) is 12.8 Å². The van der Waals surface area contributed by atoms with Gasteiger partial charge in [-0.2, -0.15) is 0 Å². The van der Waals surface area contributed by atoms with Crippen molar-refractivity contribution in [3.63, 3.8) is 0 Å². The Morgan fingerprint density at radius 1 is 1.32 bits per heavy atom. The Kier molecular flexibility index (Phi) is 4.66. The second-order valence-corrected chi connectivity index (χ2v) is 5.36. The molecule has 0 aliphatic rings. The van der Waals surface area contributed by atoms with Gasteiger partial charge in [0.2, 0.25) is 0 Å². The molecule has 0 saturated heterocycles. The van der Waals surface area contributed by atoms with Gasteiger partial charge in [0, 0.05) is 10.7 Å². The van der Waals surface area contributed by atoms with Crippen molar-refractivity contribution in [1.29, 1.82) is 0 Å². The predicted octanol–water partition coefficient (Wildman–Crippen LogP) is 3.79. The molecule has 2 aromatic rings. The Balaban J connectivity index is 2.23. The lowest BCUT2D eigenvalue weighted by Crippen LogP contribution is -2.17. The fraction of sp³-hybridized carbons (Fsp3) is 0.267. The van der Waals surface area contributed by atoms with Gasteiger partial charge in [0.1, 0.15) is 5.82 Å². The molecule has 0 radical (unpaired) electrons. The van der Waals surface area contributed by atoms with Crippen LogP contribution in [0.1, 0.15) is 29.8 Å². The summed E-state index contributed by atoms with van der Waals surface area (Å²) in [5, 5.41) is 0. The van der Waals surface area contributed by atoms with Crippen molar-refractivity contribution in [2.45, 2.75) is 25.8 Å². The molecule has 1 unspecified atom stereocenters. The number of hydrogen-bond donors (Lipinski definition) is 1. The molecule has 0 saturated carbocycles. The zero-order valence-corrected chi connectivity index (χ0v) is 12.3. The van der Waals surface area contributed by atoms with Gasteiger partial charge < -0.3 is 5.73 Å². The monoisotopic (exact) mass is 322 g/mol. The fourth-order valence-corrected chi connectivity index (χ4v) is 2.44. The van der Waals surface area contributed by atoms with E-state index in [0.717, 1.165) is 22.2 Å². The molecule has 2 N–H and O–H groups in total. The van der Waals surface area contributed by atoms with Gasteiger partial charge in [0.25, 0.3) is 0 Å². The van der Waals surface area contributed by atoms with Gasteiger partial charge in [-0.1, -0.05) is 35.0 Å². The fourth-order valence-electron chi connectivity index (χ4n) is 2.10. The van der Waals surface area contributed by atoms with Crippen LogP contribution in [0.2, 0.25) is 0 Å². The summed E-state index contributed by atoms with van der Waals surface area (Å²) in [7, 11) is 0. The minimum atomic E-state index is -0.285. The van der Waals surface area contributed by atoms with Crippen LogP contribution in [0.3, 0.4) is 0 Å². The van der Waals surface area contributed by atoms with Crippen LogP contribution in [0.15, 0.2) is 41.0 Å². The second-order valence-electron chi connectivity index (χ2n) is 4.45. The maximum absolute atomic E-state index is 13.8. The molecule has 0 amide bonds. The topological polar surface area (TPSA) is 38.9 Å². The van der Waals surface area contributed by atoms with Gasteiger partial charge in [0.15, 0.2) is 0 Å². The van der Waals surface area contributed by atoms with Crippen molar-refractivity contribution in [3.8, 4) is 0 Å². The lowest BCUT2D eigenvalue weighted by atomic mass is 9.99. The summed E-state index contributed by atoms with van der Waals surface area (Å²) in [6.07, 6.45) is 3.05. The molecule has 2 rings (SSSR count). The van der Waals surface area contributed by atoms with Gasteiger partial charge >= 0.3 is 0 Å². The van der Waals surface area contributed by atoms with Crippen LogP contribution in [0.4, 0.5) is 4.39 Å². The second kappa shape index (κ2) is 6.26. The van der Waals surface area contributed by atoms with E-state index in [2.05, 4.69) is 27.8 Å². The molecule has 0 aliphatic heterocycles. The van der Waals surface area contributed by atoms with Gasteiger partial charge in [-0.15, -0.1) is 0 Å². The highest BCUT2D eigenvalue weighted by atomic mass is 79.9. The number of hydrogen-bond acceptors (Lipinski definition) is 2. The standard InChI is InChI=1S/C15H16BrFN2/c1-2-10-4-3-7-19-15(10)14(18)8-11-5-6-12(16)9-13(11)17/h3-7,9,14H,2,8,18H2,1H3. The molecule has 19 heavy (non-hydrogen) atoms. The lowest BCUT2D eigenvalue weighted by Gasteiger charge is -2.15. The first kappa shape index (κ1) is 14.2. The maximum Gasteiger partial charge on any atom is 0.127 e. The van der Waals surface area contributed by atoms with Crippen LogP contribution in [0, 0.1) is 5.82 Å². The van der Waals surface area contributed by atoms with Crippen molar-refractivity contribution in [2.75, 3.05) is 0 Å². The Morgan fingerprint density at radius 3 is 2.79 bits per heavy atom.